The quantitative estimate of drug-likeness (QED) is 0.791. The molecule has 27 heavy (non-hydrogen) atoms. The van der Waals surface area contributed by atoms with Crippen LogP contribution >= 0.6 is 0 Å². The molecule has 1 aliphatic heterocycles. The number of fused-ring (bicyclic) bond motifs is 1. The Bertz CT molecular complexity index is 858. The highest BCUT2D eigenvalue weighted by molar-refractivity contribution is 5.96. The van der Waals surface area contributed by atoms with Crippen molar-refractivity contribution in [1.29, 1.82) is 0 Å². The summed E-state index contributed by atoms with van der Waals surface area (Å²) in [5, 5.41) is 5.64. The number of nitrogens with zero attached hydrogens (tertiary/aromatic N) is 3. The Kier molecular flexibility index (Phi) is 5.48. The number of carbonyl (C=O) groups excluding carboxylic acids is 2. The molecule has 0 aromatic carbocycles. The molecule has 142 valence electrons. The van der Waals surface area contributed by atoms with Gasteiger partial charge in [0.25, 0.3) is 5.91 Å². The van der Waals surface area contributed by atoms with Gasteiger partial charge in [-0.3, -0.25) is 9.59 Å². The summed E-state index contributed by atoms with van der Waals surface area (Å²) < 4.78 is 0. The van der Waals surface area contributed by atoms with E-state index in [1.807, 2.05) is 6.07 Å². The van der Waals surface area contributed by atoms with Crippen LogP contribution in [0.5, 0.6) is 0 Å². The minimum Gasteiger partial charge on any atom is -0.352 e. The summed E-state index contributed by atoms with van der Waals surface area (Å²) in [4.78, 5) is 36.8. The summed E-state index contributed by atoms with van der Waals surface area (Å²) in [5.41, 5.74) is 2.32. The smallest absolute Gasteiger partial charge is 0.252 e. The molecule has 7 nitrogen and oxygen atoms in total. The lowest BCUT2D eigenvalue weighted by atomic mass is 9.95. The van der Waals surface area contributed by atoms with Gasteiger partial charge in [0.15, 0.2) is 0 Å². The van der Waals surface area contributed by atoms with Gasteiger partial charge in [0.2, 0.25) is 5.91 Å². The minimum absolute atomic E-state index is 0.0356. The van der Waals surface area contributed by atoms with E-state index in [0.717, 1.165) is 29.9 Å². The number of carbonyl (C=O) groups is 2. The number of nitrogens with one attached hydrogen (secondary N) is 2. The van der Waals surface area contributed by atoms with Crippen molar-refractivity contribution in [3.8, 4) is 0 Å². The van der Waals surface area contributed by atoms with Gasteiger partial charge in [0.05, 0.1) is 5.56 Å². The second-order valence-electron chi connectivity index (χ2n) is 7.76. The first-order chi connectivity index (χ1) is 12.8. The van der Waals surface area contributed by atoms with E-state index in [9.17, 15) is 9.59 Å². The molecule has 0 radical (unpaired) electrons. The summed E-state index contributed by atoms with van der Waals surface area (Å²) in [6.07, 6.45) is 5.90. The van der Waals surface area contributed by atoms with Crippen molar-refractivity contribution in [2.45, 2.75) is 51.9 Å². The van der Waals surface area contributed by atoms with E-state index < -0.39 is 0 Å². The maximum absolute atomic E-state index is 12.3. The Morgan fingerprint density at radius 1 is 1.26 bits per heavy atom. The molecule has 1 aliphatic rings. The number of aromatic nitrogens is 3. The topological polar surface area (TPSA) is 96.9 Å². The molecule has 0 bridgehead atoms. The predicted molar refractivity (Wildman–Crippen MR) is 103 cm³/mol. The molecular formula is C20H25N5O2. The van der Waals surface area contributed by atoms with E-state index in [-0.39, 0.29) is 17.2 Å². The zero-order chi connectivity index (χ0) is 19.4. The van der Waals surface area contributed by atoms with Crippen LogP contribution in [0.2, 0.25) is 0 Å². The van der Waals surface area contributed by atoms with Gasteiger partial charge in [-0.05, 0) is 37.0 Å². The number of hydrogen-bond donors (Lipinski definition) is 2. The van der Waals surface area contributed by atoms with Crippen molar-refractivity contribution in [1.82, 2.24) is 20.3 Å². The lowest BCUT2D eigenvalue weighted by Crippen LogP contribution is -2.26. The van der Waals surface area contributed by atoms with Crippen LogP contribution in [0.25, 0.3) is 0 Å². The molecule has 2 aromatic heterocycles. The zero-order valence-corrected chi connectivity index (χ0v) is 16.0. The predicted octanol–water partition coefficient (Wildman–Crippen LogP) is 2.42. The van der Waals surface area contributed by atoms with Gasteiger partial charge in [-0.1, -0.05) is 20.8 Å². The van der Waals surface area contributed by atoms with E-state index in [1.54, 1.807) is 12.3 Å². The maximum Gasteiger partial charge on any atom is 0.252 e. The summed E-state index contributed by atoms with van der Waals surface area (Å²) in [6.45, 7) is 6.82. The Hall–Kier alpha value is -2.83. The van der Waals surface area contributed by atoms with Gasteiger partial charge in [0.1, 0.15) is 11.6 Å². The van der Waals surface area contributed by atoms with E-state index in [1.165, 1.54) is 6.20 Å². The molecule has 0 unspecified atom stereocenters. The lowest BCUT2D eigenvalue weighted by Gasteiger charge is -2.17. The molecule has 2 amide bonds. The van der Waals surface area contributed by atoms with Crippen molar-refractivity contribution >= 4 is 17.6 Å². The van der Waals surface area contributed by atoms with Crippen molar-refractivity contribution in [2.75, 3.05) is 11.9 Å². The second-order valence-corrected chi connectivity index (χ2v) is 7.76. The second kappa shape index (κ2) is 7.82. The fourth-order valence-corrected chi connectivity index (χ4v) is 2.85. The number of aryl methyl sites for hydroxylation is 2. The average Bonchev–Trinajstić information content (AvgIpc) is 2.64. The summed E-state index contributed by atoms with van der Waals surface area (Å²) in [7, 11) is 0. The fourth-order valence-electron chi connectivity index (χ4n) is 2.85. The molecule has 7 heteroatoms. The molecular weight excluding hydrogens is 342 g/mol. The zero-order valence-electron chi connectivity index (χ0n) is 16.0. The number of anilines is 1. The van der Waals surface area contributed by atoms with Gasteiger partial charge in [-0.15, -0.1) is 0 Å². The largest absolute Gasteiger partial charge is 0.352 e. The van der Waals surface area contributed by atoms with Crippen LogP contribution in [0.15, 0.2) is 24.5 Å². The minimum atomic E-state index is -0.153. The Morgan fingerprint density at radius 2 is 2.07 bits per heavy atom. The molecule has 3 heterocycles. The molecule has 2 aromatic rings. The highest BCUT2D eigenvalue weighted by Crippen LogP contribution is 2.21. The standard InChI is InChI=1S/C20H25N5O2/c1-20(2,3)19-22-10-8-15(24-19)5-4-9-21-18(27)14-11-13-6-7-16(26)25-17(13)23-12-14/h8,10-12H,4-7,9H2,1-3H3,(H,21,27)(H,23,25,26). The van der Waals surface area contributed by atoms with Crippen molar-refractivity contribution in [3.05, 3.63) is 47.2 Å². The SMILES string of the molecule is CC(C)(C)c1nccc(CCCNC(=O)c2cnc3c(c2)CCC(=O)N3)n1. The van der Waals surface area contributed by atoms with Crippen molar-refractivity contribution < 1.29 is 9.59 Å². The van der Waals surface area contributed by atoms with E-state index in [2.05, 4.69) is 46.4 Å². The number of amides is 2. The molecule has 3 rings (SSSR count). The monoisotopic (exact) mass is 367 g/mol. The molecule has 0 saturated carbocycles. The lowest BCUT2D eigenvalue weighted by molar-refractivity contribution is -0.116. The Morgan fingerprint density at radius 3 is 2.85 bits per heavy atom. The first kappa shape index (κ1) is 18.9. The third-order valence-corrected chi connectivity index (χ3v) is 4.39. The molecule has 2 N–H and O–H groups in total. The first-order valence-electron chi connectivity index (χ1n) is 9.22. The van der Waals surface area contributed by atoms with Crippen LogP contribution in [0.4, 0.5) is 5.82 Å². The van der Waals surface area contributed by atoms with Crippen LogP contribution in [0, 0.1) is 0 Å². The normalized spacial score (nSPS) is 13.7. The maximum atomic E-state index is 12.3. The molecule has 0 aliphatic carbocycles. The van der Waals surface area contributed by atoms with Gasteiger partial charge in [0, 0.05) is 36.5 Å². The Balaban J connectivity index is 1.51. The van der Waals surface area contributed by atoms with Gasteiger partial charge < -0.3 is 10.6 Å². The third kappa shape index (κ3) is 4.87. The summed E-state index contributed by atoms with van der Waals surface area (Å²) in [6, 6.07) is 3.72. The molecule has 0 saturated heterocycles. The summed E-state index contributed by atoms with van der Waals surface area (Å²) in [5.74, 6) is 1.20. The van der Waals surface area contributed by atoms with Crippen LogP contribution in [-0.2, 0) is 23.1 Å². The van der Waals surface area contributed by atoms with E-state index >= 15 is 0 Å². The number of rotatable bonds is 5. The van der Waals surface area contributed by atoms with E-state index in [4.69, 9.17) is 0 Å². The van der Waals surface area contributed by atoms with E-state index in [0.29, 0.717) is 30.8 Å². The summed E-state index contributed by atoms with van der Waals surface area (Å²) >= 11 is 0. The van der Waals surface area contributed by atoms with Crippen LogP contribution in [0.1, 0.15) is 61.1 Å². The average molecular weight is 367 g/mol. The van der Waals surface area contributed by atoms with Crippen molar-refractivity contribution in [2.24, 2.45) is 0 Å². The van der Waals surface area contributed by atoms with Crippen molar-refractivity contribution in [3.63, 3.8) is 0 Å². The number of hydrogen-bond acceptors (Lipinski definition) is 5. The molecule has 0 spiro atoms. The van der Waals surface area contributed by atoms with Gasteiger partial charge in [-0.2, -0.15) is 0 Å². The molecule has 0 fully saturated rings. The number of pyridine rings is 1. The highest BCUT2D eigenvalue weighted by Gasteiger charge is 2.18. The van der Waals surface area contributed by atoms with Gasteiger partial charge in [-0.25, -0.2) is 15.0 Å². The van der Waals surface area contributed by atoms with Gasteiger partial charge >= 0.3 is 0 Å². The first-order valence-corrected chi connectivity index (χ1v) is 9.22. The third-order valence-electron chi connectivity index (χ3n) is 4.39. The van der Waals surface area contributed by atoms with Crippen LogP contribution < -0.4 is 10.6 Å². The Labute approximate surface area is 159 Å². The molecule has 0 atom stereocenters. The fraction of sp³-hybridized carbons (Fsp3) is 0.450. The highest BCUT2D eigenvalue weighted by atomic mass is 16.2. The van der Waals surface area contributed by atoms with Crippen LogP contribution in [-0.4, -0.2) is 33.3 Å². The van der Waals surface area contributed by atoms with Crippen LogP contribution in [0.3, 0.4) is 0 Å².